The van der Waals surface area contributed by atoms with Crippen molar-refractivity contribution in [3.05, 3.63) is 0 Å². The van der Waals surface area contributed by atoms with Crippen LogP contribution in [0.15, 0.2) is 0 Å². The molecule has 0 fully saturated rings. The van der Waals surface area contributed by atoms with E-state index in [-0.39, 0.29) is 0 Å². The largest absolute Gasteiger partial charge is 0.136 e. The minimum atomic E-state index is 0.319. The molecule has 0 aromatic rings. The Bertz CT molecular complexity index is 20.9. The second kappa shape index (κ2) is 2.93. The molecule has 2 unspecified atom stereocenters. The number of hydrogen-bond acceptors (Lipinski definition) is 0. The van der Waals surface area contributed by atoms with Crippen LogP contribution >= 0.6 is 20.8 Å². The van der Waals surface area contributed by atoms with E-state index < -0.39 is 0 Å². The van der Waals surface area contributed by atoms with E-state index in [0.717, 1.165) is 6.16 Å². The Morgan fingerprint density at radius 2 is 2.20 bits per heavy atom. The lowest BCUT2D eigenvalue weighted by molar-refractivity contribution is 1.12. The van der Waals surface area contributed by atoms with Crippen molar-refractivity contribution in [3.63, 3.8) is 0 Å². The zero-order valence-electron chi connectivity index (χ0n) is 3.24. The average Bonchev–Trinajstić information content (AvgIpc) is 1.38. The maximum absolute atomic E-state index is 5.44. The lowest BCUT2D eigenvalue weighted by Gasteiger charge is -1.87. The van der Waals surface area contributed by atoms with Gasteiger partial charge in [0.1, 0.15) is 0 Å². The summed E-state index contributed by atoms with van der Waals surface area (Å²) in [6.45, 7) is 1.97. The van der Waals surface area contributed by atoms with Crippen molar-refractivity contribution < 1.29 is 0 Å². The predicted molar refractivity (Wildman–Crippen MR) is 29.9 cm³/mol. The van der Waals surface area contributed by atoms with Crippen LogP contribution in [0.1, 0.15) is 6.92 Å². The molecule has 32 valence electrons. The first-order valence-electron chi connectivity index (χ1n) is 1.61. The van der Waals surface area contributed by atoms with E-state index in [4.69, 9.17) is 11.6 Å². The maximum atomic E-state index is 5.44. The highest BCUT2D eigenvalue weighted by Crippen LogP contribution is 1.95. The summed E-state index contributed by atoms with van der Waals surface area (Å²) in [6.07, 6.45) is 0.988. The number of alkyl halides is 1. The van der Waals surface area contributed by atoms with Crippen LogP contribution in [0.4, 0.5) is 0 Å². The fourth-order valence-electron chi connectivity index (χ4n) is 0. The molecule has 0 aliphatic carbocycles. The SMILES string of the molecule is CC(Cl)CP. The van der Waals surface area contributed by atoms with Crippen LogP contribution in [0.25, 0.3) is 0 Å². The summed E-state index contributed by atoms with van der Waals surface area (Å²) >= 11 is 5.44. The molecule has 0 N–H and O–H groups in total. The predicted octanol–water partition coefficient (Wildman–Crippen LogP) is 1.49. The van der Waals surface area contributed by atoms with Crippen molar-refractivity contribution in [1.29, 1.82) is 0 Å². The van der Waals surface area contributed by atoms with Crippen LogP contribution in [-0.4, -0.2) is 11.5 Å². The highest BCUT2D eigenvalue weighted by Gasteiger charge is 1.83. The summed E-state index contributed by atoms with van der Waals surface area (Å²) < 4.78 is 0. The standard InChI is InChI=1S/C3H8ClP/c1-3(4)2-5/h3H,2,5H2,1H3. The molecule has 2 atom stereocenters. The van der Waals surface area contributed by atoms with Crippen LogP contribution < -0.4 is 0 Å². The molecular weight excluding hydrogens is 102 g/mol. The molecule has 0 saturated carbocycles. The van der Waals surface area contributed by atoms with Crippen LogP contribution in [0.2, 0.25) is 0 Å². The van der Waals surface area contributed by atoms with Gasteiger partial charge >= 0.3 is 0 Å². The molecule has 0 spiro atoms. The van der Waals surface area contributed by atoms with Gasteiger partial charge in [0.05, 0.1) is 0 Å². The van der Waals surface area contributed by atoms with Gasteiger partial charge < -0.3 is 0 Å². The van der Waals surface area contributed by atoms with Crippen molar-refractivity contribution in [1.82, 2.24) is 0 Å². The van der Waals surface area contributed by atoms with Gasteiger partial charge in [0.25, 0.3) is 0 Å². The third-order valence-corrected chi connectivity index (χ3v) is 1.51. The molecule has 0 rings (SSSR count). The fourth-order valence-corrected chi connectivity index (χ4v) is 0. The van der Waals surface area contributed by atoms with Crippen molar-refractivity contribution >= 4 is 20.8 Å². The second-order valence-corrected chi connectivity index (χ2v) is 2.23. The average molecular weight is 111 g/mol. The van der Waals surface area contributed by atoms with E-state index in [1.54, 1.807) is 0 Å². The van der Waals surface area contributed by atoms with Crippen molar-refractivity contribution in [2.24, 2.45) is 0 Å². The molecule has 0 aliphatic heterocycles. The molecule has 0 radical (unpaired) electrons. The number of rotatable bonds is 1. The van der Waals surface area contributed by atoms with E-state index in [1.807, 2.05) is 6.92 Å². The Morgan fingerprint density at radius 1 is 2.00 bits per heavy atom. The van der Waals surface area contributed by atoms with Gasteiger partial charge in [-0.2, -0.15) is 0 Å². The van der Waals surface area contributed by atoms with E-state index in [1.165, 1.54) is 0 Å². The van der Waals surface area contributed by atoms with Gasteiger partial charge in [-0.05, 0) is 13.1 Å². The fraction of sp³-hybridized carbons (Fsp3) is 1.00. The Morgan fingerprint density at radius 3 is 2.20 bits per heavy atom. The summed E-state index contributed by atoms with van der Waals surface area (Å²) in [5, 5.41) is 0.319. The monoisotopic (exact) mass is 110 g/mol. The van der Waals surface area contributed by atoms with Crippen molar-refractivity contribution in [2.45, 2.75) is 12.3 Å². The van der Waals surface area contributed by atoms with Crippen molar-refractivity contribution in [3.8, 4) is 0 Å². The summed E-state index contributed by atoms with van der Waals surface area (Å²) in [7, 11) is 2.56. The lowest BCUT2D eigenvalue weighted by atomic mass is 10.6. The second-order valence-electron chi connectivity index (χ2n) is 1.02. The van der Waals surface area contributed by atoms with E-state index in [2.05, 4.69) is 9.24 Å². The molecule has 0 amide bonds. The minimum absolute atomic E-state index is 0.319. The zero-order chi connectivity index (χ0) is 4.28. The molecule has 0 aliphatic rings. The molecular formula is C3H8ClP. The van der Waals surface area contributed by atoms with Gasteiger partial charge in [0.2, 0.25) is 0 Å². The highest BCUT2D eigenvalue weighted by molar-refractivity contribution is 7.16. The number of halogens is 1. The van der Waals surface area contributed by atoms with Gasteiger partial charge in [0, 0.05) is 5.38 Å². The minimum Gasteiger partial charge on any atom is -0.136 e. The lowest BCUT2D eigenvalue weighted by Crippen LogP contribution is -1.86. The first-order valence-corrected chi connectivity index (χ1v) is 2.86. The molecule has 0 saturated heterocycles. The first-order chi connectivity index (χ1) is 2.27. The summed E-state index contributed by atoms with van der Waals surface area (Å²) in [5.41, 5.74) is 0. The zero-order valence-corrected chi connectivity index (χ0v) is 5.15. The quantitative estimate of drug-likeness (QED) is 0.354. The summed E-state index contributed by atoms with van der Waals surface area (Å²) in [4.78, 5) is 0. The van der Waals surface area contributed by atoms with Crippen LogP contribution in [-0.2, 0) is 0 Å². The van der Waals surface area contributed by atoms with Crippen molar-refractivity contribution in [2.75, 3.05) is 6.16 Å². The molecule has 5 heavy (non-hydrogen) atoms. The summed E-state index contributed by atoms with van der Waals surface area (Å²) in [6, 6.07) is 0. The normalized spacial score (nSPS) is 15.0. The van der Waals surface area contributed by atoms with Crippen LogP contribution in [0.3, 0.4) is 0 Å². The first kappa shape index (κ1) is 5.72. The molecule has 0 heterocycles. The van der Waals surface area contributed by atoms with Gasteiger partial charge in [-0.25, -0.2) is 0 Å². The molecule has 0 aromatic carbocycles. The van der Waals surface area contributed by atoms with Gasteiger partial charge in [-0.1, -0.05) is 0 Å². The topological polar surface area (TPSA) is 0 Å². The number of hydrogen-bond donors (Lipinski definition) is 0. The van der Waals surface area contributed by atoms with Crippen LogP contribution in [0, 0.1) is 0 Å². The molecule has 2 heteroatoms. The smallest absolute Gasteiger partial charge is 0.0342 e. The Labute approximate surface area is 40.1 Å². The van der Waals surface area contributed by atoms with Crippen LogP contribution in [0.5, 0.6) is 0 Å². The van der Waals surface area contributed by atoms with E-state index in [0.29, 0.717) is 5.38 Å². The molecule has 0 bridgehead atoms. The third kappa shape index (κ3) is 4.72. The Balaban J connectivity index is 2.54. The summed E-state index contributed by atoms with van der Waals surface area (Å²) in [5.74, 6) is 0. The Hall–Kier alpha value is 0.720. The van der Waals surface area contributed by atoms with Gasteiger partial charge in [0.15, 0.2) is 0 Å². The highest BCUT2D eigenvalue weighted by atomic mass is 35.5. The Kier molecular flexibility index (Phi) is 3.35. The molecule has 0 aromatic heterocycles. The third-order valence-electron chi connectivity index (χ3n) is 0.325. The maximum Gasteiger partial charge on any atom is 0.0342 e. The van der Waals surface area contributed by atoms with Gasteiger partial charge in [-0.15, -0.1) is 20.8 Å². The van der Waals surface area contributed by atoms with Gasteiger partial charge in [-0.3, -0.25) is 0 Å². The van der Waals surface area contributed by atoms with E-state index >= 15 is 0 Å². The molecule has 0 nitrogen and oxygen atoms in total. The van der Waals surface area contributed by atoms with E-state index in [9.17, 15) is 0 Å².